The number of ether oxygens (including phenoxy) is 1. The molecule has 0 aliphatic heterocycles. The molecule has 0 spiro atoms. The van der Waals surface area contributed by atoms with Gasteiger partial charge in [-0.2, -0.15) is 18.3 Å². The summed E-state index contributed by atoms with van der Waals surface area (Å²) in [5.41, 5.74) is 2.63. The first kappa shape index (κ1) is 21.8. The molecule has 4 rings (SSSR count). The van der Waals surface area contributed by atoms with E-state index in [0.29, 0.717) is 17.2 Å². The van der Waals surface area contributed by atoms with Crippen LogP contribution in [0.25, 0.3) is 16.4 Å². The molecule has 32 heavy (non-hydrogen) atoms. The van der Waals surface area contributed by atoms with Crippen molar-refractivity contribution in [1.82, 2.24) is 14.8 Å². The highest BCUT2D eigenvalue weighted by Gasteiger charge is 2.30. The Morgan fingerprint density at radius 1 is 1.09 bits per heavy atom. The second-order valence-electron chi connectivity index (χ2n) is 6.92. The average molecular weight is 457 g/mol. The molecule has 4 aromatic rings. The van der Waals surface area contributed by atoms with Gasteiger partial charge in [-0.25, -0.2) is 14.5 Å². The maximum absolute atomic E-state index is 12.9. The van der Waals surface area contributed by atoms with E-state index < -0.39 is 17.7 Å². The molecule has 0 saturated heterocycles. The van der Waals surface area contributed by atoms with Gasteiger partial charge < -0.3 is 4.74 Å². The number of nitrogens with zero attached hydrogens (tertiary/aromatic N) is 3. The highest BCUT2D eigenvalue weighted by molar-refractivity contribution is 7.12. The van der Waals surface area contributed by atoms with E-state index in [4.69, 9.17) is 4.74 Å². The summed E-state index contributed by atoms with van der Waals surface area (Å²) in [6.45, 7) is 1.97. The average Bonchev–Trinajstić information content (AvgIpc) is 3.42. The molecule has 0 N–H and O–H groups in total. The zero-order valence-corrected chi connectivity index (χ0v) is 17.8. The van der Waals surface area contributed by atoms with Crippen LogP contribution in [0, 0.1) is 0 Å². The van der Waals surface area contributed by atoms with Gasteiger partial charge in [0.05, 0.1) is 17.9 Å². The number of benzene rings is 2. The van der Waals surface area contributed by atoms with Gasteiger partial charge in [-0.1, -0.05) is 42.5 Å². The van der Waals surface area contributed by atoms with Gasteiger partial charge in [0.15, 0.2) is 5.69 Å². The third kappa shape index (κ3) is 4.72. The van der Waals surface area contributed by atoms with Crippen LogP contribution in [0.1, 0.15) is 34.1 Å². The number of halogens is 3. The maximum atomic E-state index is 12.9. The monoisotopic (exact) mass is 457 g/mol. The van der Waals surface area contributed by atoms with Gasteiger partial charge in [-0.15, -0.1) is 11.3 Å². The zero-order chi connectivity index (χ0) is 22.7. The minimum absolute atomic E-state index is 0.202. The third-order valence-electron chi connectivity index (χ3n) is 4.69. The number of carbonyl (C=O) groups excluding carboxylic acids is 1. The fourth-order valence-electron chi connectivity index (χ4n) is 3.18. The first-order valence-corrected chi connectivity index (χ1v) is 10.7. The van der Waals surface area contributed by atoms with Crippen molar-refractivity contribution in [3.63, 3.8) is 0 Å². The minimum atomic E-state index is -4.37. The summed E-state index contributed by atoms with van der Waals surface area (Å²) in [5, 5.41) is 6.75. The molecule has 0 atom stereocenters. The number of alkyl halides is 3. The van der Waals surface area contributed by atoms with E-state index in [9.17, 15) is 18.0 Å². The lowest BCUT2D eigenvalue weighted by atomic mass is 10.0. The van der Waals surface area contributed by atoms with Gasteiger partial charge >= 0.3 is 12.1 Å². The highest BCUT2D eigenvalue weighted by atomic mass is 32.1. The van der Waals surface area contributed by atoms with Gasteiger partial charge in [0.2, 0.25) is 5.13 Å². The maximum Gasteiger partial charge on any atom is 0.416 e. The molecule has 0 amide bonds. The first-order chi connectivity index (χ1) is 15.3. The minimum Gasteiger partial charge on any atom is -0.461 e. The van der Waals surface area contributed by atoms with Crippen molar-refractivity contribution < 1.29 is 22.7 Å². The lowest BCUT2D eigenvalue weighted by molar-refractivity contribution is -0.137. The second kappa shape index (κ2) is 8.96. The number of aromatic nitrogens is 3. The van der Waals surface area contributed by atoms with Crippen LogP contribution in [0.5, 0.6) is 0 Å². The fourth-order valence-corrected chi connectivity index (χ4v) is 3.89. The molecule has 164 valence electrons. The highest BCUT2D eigenvalue weighted by Crippen LogP contribution is 2.31. The lowest BCUT2D eigenvalue weighted by Gasteiger charge is -2.08. The van der Waals surface area contributed by atoms with Crippen LogP contribution in [0.2, 0.25) is 0 Å². The normalized spacial score (nSPS) is 11.5. The van der Waals surface area contributed by atoms with E-state index in [2.05, 4.69) is 10.1 Å². The zero-order valence-electron chi connectivity index (χ0n) is 17.0. The van der Waals surface area contributed by atoms with Gasteiger partial charge in [-0.3, -0.25) is 0 Å². The van der Waals surface area contributed by atoms with E-state index in [0.717, 1.165) is 28.8 Å². The Balaban J connectivity index is 1.69. The predicted octanol–water partition coefficient (Wildman–Crippen LogP) is 5.78. The number of hydrogen-bond acceptors (Lipinski definition) is 5. The van der Waals surface area contributed by atoms with Crippen LogP contribution in [0.15, 0.2) is 66.2 Å². The molecular weight excluding hydrogens is 439 g/mol. The van der Waals surface area contributed by atoms with Crippen LogP contribution in [0.4, 0.5) is 13.2 Å². The summed E-state index contributed by atoms with van der Waals surface area (Å²) in [6, 6.07) is 14.6. The van der Waals surface area contributed by atoms with E-state index >= 15 is 0 Å². The Labute approximate surface area is 186 Å². The second-order valence-corrected chi connectivity index (χ2v) is 7.76. The number of carbonyl (C=O) groups is 1. The number of esters is 1. The van der Waals surface area contributed by atoms with Crippen molar-refractivity contribution in [3.8, 4) is 16.4 Å². The third-order valence-corrected chi connectivity index (χ3v) is 5.52. The lowest BCUT2D eigenvalue weighted by Crippen LogP contribution is -2.05. The Bertz CT molecular complexity index is 1220. The van der Waals surface area contributed by atoms with Gasteiger partial charge in [0.25, 0.3) is 0 Å². The molecule has 2 aromatic carbocycles. The van der Waals surface area contributed by atoms with Crippen molar-refractivity contribution >= 4 is 17.3 Å². The topological polar surface area (TPSA) is 57.0 Å². The Morgan fingerprint density at radius 2 is 1.81 bits per heavy atom. The molecule has 9 heteroatoms. The van der Waals surface area contributed by atoms with Gasteiger partial charge in [0.1, 0.15) is 0 Å². The van der Waals surface area contributed by atoms with Crippen molar-refractivity contribution in [3.05, 3.63) is 88.6 Å². The molecule has 0 fully saturated rings. The SMILES string of the molecule is CCOC(=O)c1csc(-n2cc(Cc3ccc(C(F)(F)F)cc3)c(-c3ccccc3)n2)n1. The Kier molecular flexibility index (Phi) is 6.09. The van der Waals surface area contributed by atoms with Crippen LogP contribution < -0.4 is 0 Å². The fraction of sp³-hybridized carbons (Fsp3) is 0.174. The molecule has 0 radical (unpaired) electrons. The molecule has 0 saturated carbocycles. The van der Waals surface area contributed by atoms with E-state index in [1.165, 1.54) is 23.5 Å². The summed E-state index contributed by atoms with van der Waals surface area (Å²) in [5.74, 6) is -0.504. The molecule has 0 unspecified atom stereocenters. The van der Waals surface area contributed by atoms with Crippen molar-refractivity contribution in [2.24, 2.45) is 0 Å². The molecule has 2 heterocycles. The largest absolute Gasteiger partial charge is 0.461 e. The van der Waals surface area contributed by atoms with E-state index in [1.807, 2.05) is 30.3 Å². The summed E-state index contributed by atoms with van der Waals surface area (Å²) >= 11 is 1.25. The quantitative estimate of drug-likeness (QED) is 0.344. The van der Waals surface area contributed by atoms with Crippen LogP contribution in [-0.2, 0) is 17.3 Å². The number of hydrogen-bond donors (Lipinski definition) is 0. The van der Waals surface area contributed by atoms with Crippen LogP contribution >= 0.6 is 11.3 Å². The standard InChI is InChI=1S/C23H18F3N3O2S/c1-2-31-21(30)19-14-32-22(27-19)29-13-17(20(28-29)16-6-4-3-5-7-16)12-15-8-10-18(11-9-15)23(24,25)26/h3-11,13-14H,2,12H2,1H3. The van der Waals surface area contributed by atoms with Crippen molar-refractivity contribution in [2.45, 2.75) is 19.5 Å². The summed E-state index contributed by atoms with van der Waals surface area (Å²) in [4.78, 5) is 16.2. The predicted molar refractivity (Wildman–Crippen MR) is 115 cm³/mol. The first-order valence-electron chi connectivity index (χ1n) is 9.78. The molecule has 0 aliphatic rings. The van der Waals surface area contributed by atoms with Crippen LogP contribution in [-0.4, -0.2) is 27.3 Å². The Hall–Kier alpha value is -3.46. The molecule has 5 nitrogen and oxygen atoms in total. The molecule has 0 bridgehead atoms. The van der Waals surface area contributed by atoms with Gasteiger partial charge in [-0.05, 0) is 24.6 Å². The van der Waals surface area contributed by atoms with E-state index in [-0.39, 0.29) is 12.3 Å². The molecule has 2 aromatic heterocycles. The Morgan fingerprint density at radius 3 is 2.47 bits per heavy atom. The number of rotatable bonds is 6. The molecule has 0 aliphatic carbocycles. The van der Waals surface area contributed by atoms with E-state index in [1.54, 1.807) is 23.2 Å². The molecular formula is C23H18F3N3O2S. The summed E-state index contributed by atoms with van der Waals surface area (Å²) in [6.07, 6.45) is -2.20. The smallest absolute Gasteiger partial charge is 0.416 e. The summed E-state index contributed by atoms with van der Waals surface area (Å²) < 4.78 is 45.2. The van der Waals surface area contributed by atoms with Gasteiger partial charge in [0, 0.05) is 29.1 Å². The van der Waals surface area contributed by atoms with Crippen molar-refractivity contribution in [2.75, 3.05) is 6.61 Å². The number of thiazole rings is 1. The summed E-state index contributed by atoms with van der Waals surface area (Å²) in [7, 11) is 0. The van der Waals surface area contributed by atoms with Crippen LogP contribution in [0.3, 0.4) is 0 Å². The van der Waals surface area contributed by atoms with Crippen molar-refractivity contribution in [1.29, 1.82) is 0 Å².